The molecule has 0 aliphatic carbocycles. The van der Waals surface area contributed by atoms with E-state index in [2.05, 4.69) is 16.0 Å². The minimum Gasteiger partial charge on any atom is -0.336 e. The van der Waals surface area contributed by atoms with Crippen LogP contribution in [0.4, 0.5) is 34.1 Å². The molecule has 0 spiro atoms. The Morgan fingerprint density at radius 2 is 1.47 bits per heavy atom. The Morgan fingerprint density at radius 3 is 2.06 bits per heavy atom. The molecule has 0 saturated heterocycles. The molecule has 2 aromatic rings. The van der Waals surface area contributed by atoms with Gasteiger partial charge in [0, 0.05) is 31.0 Å². The summed E-state index contributed by atoms with van der Waals surface area (Å²) < 4.78 is 38.2. The number of alkyl halides is 3. The first-order valence-corrected chi connectivity index (χ1v) is 10.1. The average Bonchev–Trinajstić information content (AvgIpc) is 2.73. The van der Waals surface area contributed by atoms with Crippen LogP contribution in [-0.2, 0) is 6.18 Å². The molecule has 0 bridgehead atoms. The van der Waals surface area contributed by atoms with Crippen LogP contribution in [0.25, 0.3) is 0 Å². The zero-order valence-corrected chi connectivity index (χ0v) is 18.1. The summed E-state index contributed by atoms with van der Waals surface area (Å²) in [6.45, 7) is 1.63. The van der Waals surface area contributed by atoms with Crippen LogP contribution in [-0.4, -0.2) is 62.1 Å². The maximum atomic E-state index is 12.7. The molecule has 2 rings (SSSR count). The highest BCUT2D eigenvalue weighted by atomic mass is 19.4. The van der Waals surface area contributed by atoms with Crippen LogP contribution in [0.3, 0.4) is 0 Å². The summed E-state index contributed by atoms with van der Waals surface area (Å²) in [6, 6.07) is 12.4. The fourth-order valence-electron chi connectivity index (χ4n) is 2.84. The number of rotatable bonds is 9. The molecular weight excluding hydrogens is 423 g/mol. The SMILES string of the molecule is CN(C)CCCN(CCNC(=O)Nc1ccccc1)C(=O)Nc1ccc(C(F)(F)F)cc1. The molecule has 174 valence electrons. The van der Waals surface area contributed by atoms with Crippen LogP contribution in [0.15, 0.2) is 54.6 Å². The first-order chi connectivity index (χ1) is 15.1. The third-order valence-corrected chi connectivity index (χ3v) is 4.48. The predicted octanol–water partition coefficient (Wildman–Crippen LogP) is 4.31. The molecule has 32 heavy (non-hydrogen) atoms. The second-order valence-electron chi connectivity index (χ2n) is 7.40. The van der Waals surface area contributed by atoms with E-state index in [0.717, 1.165) is 18.7 Å². The Morgan fingerprint density at radius 1 is 0.844 bits per heavy atom. The highest BCUT2D eigenvalue weighted by Gasteiger charge is 2.30. The molecule has 10 heteroatoms. The molecule has 2 aromatic carbocycles. The van der Waals surface area contributed by atoms with Crippen molar-refractivity contribution in [3.05, 3.63) is 60.2 Å². The third kappa shape index (κ3) is 8.84. The fraction of sp³-hybridized carbons (Fsp3) is 0.364. The lowest BCUT2D eigenvalue weighted by Gasteiger charge is -2.24. The summed E-state index contributed by atoms with van der Waals surface area (Å²) in [5, 5.41) is 8.00. The number of carbonyl (C=O) groups excluding carboxylic acids is 2. The number of carbonyl (C=O) groups is 2. The van der Waals surface area contributed by atoms with Crippen molar-refractivity contribution in [2.24, 2.45) is 0 Å². The molecular formula is C22H28F3N5O2. The molecule has 0 saturated carbocycles. The van der Waals surface area contributed by atoms with Gasteiger partial charge in [0.2, 0.25) is 0 Å². The Balaban J connectivity index is 1.91. The van der Waals surface area contributed by atoms with E-state index < -0.39 is 23.8 Å². The lowest BCUT2D eigenvalue weighted by Crippen LogP contribution is -2.42. The van der Waals surface area contributed by atoms with Crippen LogP contribution in [0.1, 0.15) is 12.0 Å². The quantitative estimate of drug-likeness (QED) is 0.532. The first kappa shape index (κ1) is 25.0. The van der Waals surface area contributed by atoms with E-state index in [9.17, 15) is 22.8 Å². The van der Waals surface area contributed by atoms with E-state index in [4.69, 9.17) is 0 Å². The van der Waals surface area contributed by atoms with Crippen molar-refractivity contribution >= 4 is 23.4 Å². The number of benzene rings is 2. The molecule has 0 aliphatic heterocycles. The Labute approximate surface area is 185 Å². The largest absolute Gasteiger partial charge is 0.416 e. The summed E-state index contributed by atoms with van der Waals surface area (Å²) in [5.74, 6) is 0. The van der Waals surface area contributed by atoms with Gasteiger partial charge in [0.25, 0.3) is 0 Å². The summed E-state index contributed by atoms with van der Waals surface area (Å²) in [7, 11) is 3.84. The molecule has 3 N–H and O–H groups in total. The van der Waals surface area contributed by atoms with Crippen molar-refractivity contribution in [1.82, 2.24) is 15.1 Å². The monoisotopic (exact) mass is 451 g/mol. The van der Waals surface area contributed by atoms with E-state index in [-0.39, 0.29) is 18.8 Å². The number of nitrogens with zero attached hydrogens (tertiary/aromatic N) is 2. The molecule has 0 aromatic heterocycles. The van der Waals surface area contributed by atoms with Crippen molar-refractivity contribution in [3.8, 4) is 0 Å². The van der Waals surface area contributed by atoms with Crippen LogP contribution in [0, 0.1) is 0 Å². The van der Waals surface area contributed by atoms with Crippen molar-refractivity contribution < 1.29 is 22.8 Å². The number of amides is 4. The Kier molecular flexibility index (Phi) is 9.33. The standard InChI is InChI=1S/C22H28F3N5O2/c1-29(2)14-6-15-30(16-13-26-20(31)27-18-7-4-3-5-8-18)21(32)28-19-11-9-17(10-12-19)22(23,24)25/h3-5,7-12H,6,13-16H2,1-2H3,(H,28,32)(H2,26,27,31). The van der Waals surface area contributed by atoms with Gasteiger partial charge < -0.3 is 25.8 Å². The molecule has 0 atom stereocenters. The zero-order chi connectivity index (χ0) is 23.6. The van der Waals surface area contributed by atoms with Gasteiger partial charge >= 0.3 is 18.2 Å². The molecule has 4 amide bonds. The zero-order valence-electron chi connectivity index (χ0n) is 18.1. The Hall–Kier alpha value is -3.27. The van der Waals surface area contributed by atoms with Crippen LogP contribution in [0.5, 0.6) is 0 Å². The molecule has 0 radical (unpaired) electrons. The van der Waals surface area contributed by atoms with Crippen molar-refractivity contribution in [2.45, 2.75) is 12.6 Å². The summed E-state index contributed by atoms with van der Waals surface area (Å²) >= 11 is 0. The van der Waals surface area contributed by atoms with E-state index >= 15 is 0 Å². The van der Waals surface area contributed by atoms with Gasteiger partial charge in [0.05, 0.1) is 5.56 Å². The maximum absolute atomic E-state index is 12.7. The highest BCUT2D eigenvalue weighted by Crippen LogP contribution is 2.29. The first-order valence-electron chi connectivity index (χ1n) is 10.1. The highest BCUT2D eigenvalue weighted by molar-refractivity contribution is 5.90. The van der Waals surface area contributed by atoms with E-state index in [1.54, 1.807) is 24.3 Å². The summed E-state index contributed by atoms with van der Waals surface area (Å²) in [4.78, 5) is 28.2. The van der Waals surface area contributed by atoms with E-state index in [1.165, 1.54) is 17.0 Å². The topological polar surface area (TPSA) is 76.7 Å². The second kappa shape index (κ2) is 11.9. The third-order valence-electron chi connectivity index (χ3n) is 4.48. The van der Waals surface area contributed by atoms with Crippen molar-refractivity contribution in [1.29, 1.82) is 0 Å². The van der Waals surface area contributed by atoms with Crippen LogP contribution >= 0.6 is 0 Å². The molecule has 0 unspecified atom stereocenters. The number of nitrogens with one attached hydrogen (secondary N) is 3. The normalized spacial score (nSPS) is 11.2. The lowest BCUT2D eigenvalue weighted by atomic mass is 10.2. The van der Waals surface area contributed by atoms with Crippen LogP contribution in [0.2, 0.25) is 0 Å². The molecule has 0 heterocycles. The Bertz CT molecular complexity index is 858. The number of hydrogen-bond acceptors (Lipinski definition) is 3. The summed E-state index contributed by atoms with van der Waals surface area (Å²) in [6.07, 6.45) is -3.74. The van der Waals surface area contributed by atoms with E-state index in [0.29, 0.717) is 18.7 Å². The number of anilines is 2. The van der Waals surface area contributed by atoms with Gasteiger partial charge in [-0.25, -0.2) is 9.59 Å². The average molecular weight is 451 g/mol. The minimum atomic E-state index is -4.44. The predicted molar refractivity (Wildman–Crippen MR) is 119 cm³/mol. The van der Waals surface area contributed by atoms with Gasteiger partial charge in [-0.2, -0.15) is 13.2 Å². The van der Waals surface area contributed by atoms with Crippen molar-refractivity contribution in [3.63, 3.8) is 0 Å². The van der Waals surface area contributed by atoms with Gasteiger partial charge in [-0.05, 0) is 63.5 Å². The van der Waals surface area contributed by atoms with Gasteiger partial charge in [-0.1, -0.05) is 18.2 Å². The number of hydrogen-bond donors (Lipinski definition) is 3. The molecule has 0 aliphatic rings. The van der Waals surface area contributed by atoms with Gasteiger partial charge in [-0.15, -0.1) is 0 Å². The molecule has 0 fully saturated rings. The maximum Gasteiger partial charge on any atom is 0.416 e. The van der Waals surface area contributed by atoms with Crippen molar-refractivity contribution in [2.75, 3.05) is 50.9 Å². The minimum absolute atomic E-state index is 0.209. The van der Waals surface area contributed by atoms with Gasteiger partial charge in [0.1, 0.15) is 0 Å². The number of halogens is 3. The number of para-hydroxylation sites is 1. The van der Waals surface area contributed by atoms with Gasteiger partial charge in [0.15, 0.2) is 0 Å². The molecule has 7 nitrogen and oxygen atoms in total. The van der Waals surface area contributed by atoms with E-state index in [1.807, 2.05) is 25.1 Å². The van der Waals surface area contributed by atoms with Gasteiger partial charge in [-0.3, -0.25) is 0 Å². The summed E-state index contributed by atoms with van der Waals surface area (Å²) in [5.41, 5.74) is 0.121. The fourth-order valence-corrected chi connectivity index (χ4v) is 2.84. The van der Waals surface area contributed by atoms with Crippen LogP contribution < -0.4 is 16.0 Å². The number of urea groups is 2. The second-order valence-corrected chi connectivity index (χ2v) is 7.40. The smallest absolute Gasteiger partial charge is 0.336 e. The lowest BCUT2D eigenvalue weighted by molar-refractivity contribution is -0.137.